The lowest BCUT2D eigenvalue weighted by Crippen LogP contribution is -2.37. The fourth-order valence-electron chi connectivity index (χ4n) is 1.88. The van der Waals surface area contributed by atoms with Crippen LogP contribution >= 0.6 is 0 Å². The van der Waals surface area contributed by atoms with E-state index in [-0.39, 0.29) is 11.8 Å². The van der Waals surface area contributed by atoms with Gasteiger partial charge in [-0.25, -0.2) is 0 Å². The van der Waals surface area contributed by atoms with Crippen molar-refractivity contribution >= 4 is 5.91 Å². The Hall–Kier alpha value is -0.570. The van der Waals surface area contributed by atoms with Crippen LogP contribution in [0.4, 0.5) is 0 Å². The van der Waals surface area contributed by atoms with Gasteiger partial charge in [0.1, 0.15) is 0 Å². The van der Waals surface area contributed by atoms with Crippen LogP contribution in [-0.2, 0) is 4.79 Å². The highest BCUT2D eigenvalue weighted by atomic mass is 16.2. The summed E-state index contributed by atoms with van der Waals surface area (Å²) in [5.74, 6) is 0.839. The highest BCUT2D eigenvalue weighted by Crippen LogP contribution is 2.22. The topological polar surface area (TPSA) is 55.1 Å². The van der Waals surface area contributed by atoms with Crippen LogP contribution in [0.15, 0.2) is 0 Å². The van der Waals surface area contributed by atoms with Gasteiger partial charge in [0.15, 0.2) is 0 Å². The quantitative estimate of drug-likeness (QED) is 0.674. The van der Waals surface area contributed by atoms with Crippen molar-refractivity contribution in [3.05, 3.63) is 0 Å². The minimum absolute atomic E-state index is 0.0236. The Labute approximate surface area is 92.8 Å². The highest BCUT2D eigenvalue weighted by Gasteiger charge is 2.27. The first-order chi connectivity index (χ1) is 7.21. The number of amides is 1. The van der Waals surface area contributed by atoms with Gasteiger partial charge in [0.2, 0.25) is 5.91 Å². The van der Waals surface area contributed by atoms with Gasteiger partial charge in [-0.15, -0.1) is 0 Å². The maximum atomic E-state index is 11.8. The smallest absolute Gasteiger partial charge is 0.224 e. The third kappa shape index (κ3) is 4.20. The summed E-state index contributed by atoms with van der Waals surface area (Å²) in [4.78, 5) is 11.8. The first kappa shape index (κ1) is 12.5. The lowest BCUT2D eigenvalue weighted by molar-refractivity contribution is -0.125. The zero-order chi connectivity index (χ0) is 11.3. The maximum absolute atomic E-state index is 11.8. The largest absolute Gasteiger partial charge is 0.353 e. The molecule has 0 aromatic rings. The van der Waals surface area contributed by atoms with E-state index in [1.54, 1.807) is 0 Å². The molecule has 1 unspecified atom stereocenters. The Morgan fingerprint density at radius 3 is 2.40 bits per heavy atom. The van der Waals surface area contributed by atoms with Gasteiger partial charge in [-0.2, -0.15) is 0 Å². The Kier molecular flexibility index (Phi) is 5.09. The minimum atomic E-state index is 0.0236. The van der Waals surface area contributed by atoms with Crippen molar-refractivity contribution in [2.45, 2.75) is 52.0 Å². The number of hydrogen-bond acceptors (Lipinski definition) is 2. The fraction of sp³-hybridized carbons (Fsp3) is 0.917. The third-order valence-electron chi connectivity index (χ3n) is 3.35. The summed E-state index contributed by atoms with van der Waals surface area (Å²) in [5, 5.41) is 3.04. The second kappa shape index (κ2) is 6.11. The molecule has 1 aliphatic rings. The van der Waals surface area contributed by atoms with Crippen molar-refractivity contribution in [3.8, 4) is 0 Å². The Balaban J connectivity index is 2.34. The number of carbonyl (C=O) groups is 1. The highest BCUT2D eigenvalue weighted by molar-refractivity contribution is 5.79. The summed E-state index contributed by atoms with van der Waals surface area (Å²) in [5.41, 5.74) is 5.67. The molecule has 3 heteroatoms. The van der Waals surface area contributed by atoms with Crippen molar-refractivity contribution in [3.63, 3.8) is 0 Å². The van der Waals surface area contributed by atoms with Crippen LogP contribution in [0.1, 0.15) is 46.0 Å². The van der Waals surface area contributed by atoms with E-state index < -0.39 is 0 Å². The molecule has 0 aromatic heterocycles. The number of rotatable bonds is 7. The zero-order valence-corrected chi connectivity index (χ0v) is 9.96. The molecule has 1 aliphatic carbocycles. The monoisotopic (exact) mass is 212 g/mol. The lowest BCUT2D eigenvalue weighted by atomic mass is 9.90. The third-order valence-corrected chi connectivity index (χ3v) is 3.35. The van der Waals surface area contributed by atoms with Crippen LogP contribution in [0, 0.1) is 11.8 Å². The molecular formula is C12H24N2O. The van der Waals surface area contributed by atoms with Crippen molar-refractivity contribution in [2.75, 3.05) is 6.54 Å². The van der Waals surface area contributed by atoms with Crippen molar-refractivity contribution in [2.24, 2.45) is 17.6 Å². The van der Waals surface area contributed by atoms with Gasteiger partial charge in [0.25, 0.3) is 0 Å². The molecule has 1 rings (SSSR count). The van der Waals surface area contributed by atoms with Gasteiger partial charge in [-0.05, 0) is 25.2 Å². The standard InChI is InChI=1S/C12H24N2O/c1-3-9(4-2)7-10(8-13)12(15)14-11-5-6-11/h9-11H,3-8,13H2,1-2H3,(H,14,15). The van der Waals surface area contributed by atoms with Crippen LogP contribution in [0.3, 0.4) is 0 Å². The Morgan fingerprint density at radius 2 is 2.00 bits per heavy atom. The van der Waals surface area contributed by atoms with Gasteiger partial charge < -0.3 is 11.1 Å². The Bertz CT molecular complexity index is 198. The number of hydrogen-bond donors (Lipinski definition) is 2. The second-order valence-corrected chi connectivity index (χ2v) is 4.63. The van der Waals surface area contributed by atoms with Gasteiger partial charge in [0.05, 0.1) is 5.92 Å². The molecule has 0 saturated heterocycles. The number of nitrogens with one attached hydrogen (secondary N) is 1. The molecule has 0 spiro atoms. The second-order valence-electron chi connectivity index (χ2n) is 4.63. The van der Waals surface area contributed by atoms with E-state index in [1.165, 1.54) is 0 Å². The van der Waals surface area contributed by atoms with E-state index in [2.05, 4.69) is 19.2 Å². The average Bonchev–Trinajstić information content (AvgIpc) is 3.03. The van der Waals surface area contributed by atoms with Gasteiger partial charge in [-0.1, -0.05) is 26.7 Å². The summed E-state index contributed by atoms with van der Waals surface area (Å²) in [6.45, 7) is 4.84. The number of nitrogens with two attached hydrogens (primary N) is 1. The van der Waals surface area contributed by atoms with E-state index in [1.807, 2.05) is 0 Å². The van der Waals surface area contributed by atoms with E-state index in [0.717, 1.165) is 32.1 Å². The molecule has 3 N–H and O–H groups in total. The lowest BCUT2D eigenvalue weighted by Gasteiger charge is -2.19. The molecule has 1 fully saturated rings. The molecular weight excluding hydrogens is 188 g/mol. The molecule has 88 valence electrons. The molecule has 0 bridgehead atoms. The molecule has 0 aliphatic heterocycles. The zero-order valence-electron chi connectivity index (χ0n) is 9.96. The van der Waals surface area contributed by atoms with Crippen LogP contribution in [0.5, 0.6) is 0 Å². The van der Waals surface area contributed by atoms with Gasteiger partial charge >= 0.3 is 0 Å². The van der Waals surface area contributed by atoms with Gasteiger partial charge in [0, 0.05) is 12.6 Å². The summed E-state index contributed by atoms with van der Waals surface area (Å²) in [6.07, 6.45) is 5.53. The molecule has 1 amide bonds. The Morgan fingerprint density at radius 1 is 1.40 bits per heavy atom. The first-order valence-corrected chi connectivity index (χ1v) is 6.21. The van der Waals surface area contributed by atoms with E-state index in [0.29, 0.717) is 18.5 Å². The normalized spacial score (nSPS) is 17.9. The molecule has 0 heterocycles. The van der Waals surface area contributed by atoms with Gasteiger partial charge in [-0.3, -0.25) is 4.79 Å². The van der Waals surface area contributed by atoms with E-state index in [9.17, 15) is 4.79 Å². The van der Waals surface area contributed by atoms with Crippen LogP contribution in [0.25, 0.3) is 0 Å². The number of carbonyl (C=O) groups excluding carboxylic acids is 1. The molecule has 1 atom stereocenters. The van der Waals surface area contributed by atoms with Crippen molar-refractivity contribution < 1.29 is 4.79 Å². The van der Waals surface area contributed by atoms with Crippen LogP contribution in [-0.4, -0.2) is 18.5 Å². The summed E-state index contributed by atoms with van der Waals surface area (Å²) < 4.78 is 0. The molecule has 1 saturated carbocycles. The molecule has 0 aromatic carbocycles. The summed E-state index contributed by atoms with van der Waals surface area (Å²) >= 11 is 0. The molecule has 0 radical (unpaired) electrons. The SMILES string of the molecule is CCC(CC)CC(CN)C(=O)NC1CC1. The van der Waals surface area contributed by atoms with Crippen molar-refractivity contribution in [1.82, 2.24) is 5.32 Å². The average molecular weight is 212 g/mol. The molecule has 3 nitrogen and oxygen atoms in total. The predicted octanol–water partition coefficient (Wildman–Crippen LogP) is 1.67. The van der Waals surface area contributed by atoms with E-state index in [4.69, 9.17) is 5.73 Å². The molecule has 15 heavy (non-hydrogen) atoms. The predicted molar refractivity (Wildman–Crippen MR) is 62.4 cm³/mol. The van der Waals surface area contributed by atoms with E-state index >= 15 is 0 Å². The first-order valence-electron chi connectivity index (χ1n) is 6.21. The fourth-order valence-corrected chi connectivity index (χ4v) is 1.88. The summed E-state index contributed by atoms with van der Waals surface area (Å²) in [6, 6.07) is 0.452. The minimum Gasteiger partial charge on any atom is -0.353 e. The maximum Gasteiger partial charge on any atom is 0.224 e. The van der Waals surface area contributed by atoms with Crippen LogP contribution in [0.2, 0.25) is 0 Å². The van der Waals surface area contributed by atoms with Crippen molar-refractivity contribution in [1.29, 1.82) is 0 Å². The van der Waals surface area contributed by atoms with Crippen LogP contribution < -0.4 is 11.1 Å². The summed E-state index contributed by atoms with van der Waals surface area (Å²) in [7, 11) is 0.